The van der Waals surface area contributed by atoms with Gasteiger partial charge in [0.05, 0.1) is 17.7 Å². The Labute approximate surface area is 265 Å². The van der Waals surface area contributed by atoms with Crippen LogP contribution < -0.4 is 14.4 Å². The van der Waals surface area contributed by atoms with Crippen LogP contribution in [-0.4, -0.2) is 50.9 Å². The molecule has 9 heteroatoms. The van der Waals surface area contributed by atoms with Gasteiger partial charge in [0.2, 0.25) is 11.8 Å². The van der Waals surface area contributed by atoms with E-state index >= 15 is 0 Å². The van der Waals surface area contributed by atoms with Gasteiger partial charge in [-0.2, -0.15) is 0 Å². The maximum Gasteiger partial charge on any atom is 0.264 e. The van der Waals surface area contributed by atoms with Crippen molar-refractivity contribution in [2.75, 3.05) is 18.0 Å². The molecule has 2 amide bonds. The van der Waals surface area contributed by atoms with Crippen LogP contribution in [0.25, 0.3) is 0 Å². The standard InChI is InChI=1S/C36H39N3O5S/c1-44-32-21-23-33(24-22-32)45(42,43)39(31-19-9-4-10-20-31)27-35(40)38(26-29-15-7-3-8-16-29)34(25-28-13-5-2-6-14-28)36(41)37-30-17-11-12-18-30/h2-10,13-16,19-24,30,34H,11-12,17-18,25-27H2,1H3,(H,37,41)/t34-/m1/s1. The van der Waals surface area contributed by atoms with Gasteiger partial charge in [-0.25, -0.2) is 8.42 Å². The fraction of sp³-hybridized carbons (Fsp3) is 0.278. The molecule has 5 rings (SSSR count). The van der Waals surface area contributed by atoms with Crippen LogP contribution in [0.4, 0.5) is 5.69 Å². The van der Waals surface area contributed by atoms with Crippen molar-refractivity contribution in [2.24, 2.45) is 0 Å². The van der Waals surface area contributed by atoms with E-state index in [4.69, 9.17) is 4.74 Å². The maximum atomic E-state index is 14.5. The van der Waals surface area contributed by atoms with E-state index in [0.717, 1.165) is 41.1 Å². The van der Waals surface area contributed by atoms with Crippen LogP contribution >= 0.6 is 0 Å². The predicted molar refractivity (Wildman–Crippen MR) is 175 cm³/mol. The van der Waals surface area contributed by atoms with Gasteiger partial charge < -0.3 is 15.0 Å². The summed E-state index contributed by atoms with van der Waals surface area (Å²) in [5, 5.41) is 3.20. The van der Waals surface area contributed by atoms with Crippen LogP contribution in [0, 0.1) is 0 Å². The molecule has 4 aromatic rings. The lowest BCUT2D eigenvalue weighted by atomic mass is 10.0. The van der Waals surface area contributed by atoms with Crippen molar-refractivity contribution in [2.45, 2.75) is 55.6 Å². The minimum atomic E-state index is -4.17. The number of carbonyl (C=O) groups excluding carboxylic acids is 2. The van der Waals surface area contributed by atoms with E-state index in [1.54, 1.807) is 42.5 Å². The summed E-state index contributed by atoms with van der Waals surface area (Å²) in [6.45, 7) is -0.353. The molecule has 0 radical (unpaired) electrons. The second kappa shape index (κ2) is 14.9. The number of benzene rings is 4. The Kier molecular flexibility index (Phi) is 10.5. The van der Waals surface area contributed by atoms with Crippen molar-refractivity contribution in [3.63, 3.8) is 0 Å². The number of sulfonamides is 1. The van der Waals surface area contributed by atoms with Gasteiger partial charge in [-0.05, 0) is 60.4 Å². The Morgan fingerprint density at radius 1 is 0.800 bits per heavy atom. The molecule has 1 atom stereocenters. The van der Waals surface area contributed by atoms with Gasteiger partial charge in [-0.3, -0.25) is 13.9 Å². The molecule has 0 aliphatic heterocycles. The van der Waals surface area contributed by atoms with Crippen LogP contribution in [0.2, 0.25) is 0 Å². The molecular weight excluding hydrogens is 586 g/mol. The first kappa shape index (κ1) is 31.8. The third-order valence-electron chi connectivity index (χ3n) is 8.14. The first-order valence-corrected chi connectivity index (χ1v) is 16.7. The molecular formula is C36H39N3O5S. The Hall–Kier alpha value is -4.63. The topological polar surface area (TPSA) is 96.0 Å². The average Bonchev–Trinajstić information content (AvgIpc) is 3.59. The van der Waals surface area contributed by atoms with Crippen molar-refractivity contribution < 1.29 is 22.7 Å². The van der Waals surface area contributed by atoms with Crippen molar-refractivity contribution >= 4 is 27.5 Å². The molecule has 0 heterocycles. The molecule has 0 spiro atoms. The number of methoxy groups -OCH3 is 1. The lowest BCUT2D eigenvalue weighted by molar-refractivity contribution is -0.140. The van der Waals surface area contributed by atoms with Crippen LogP contribution in [0.1, 0.15) is 36.8 Å². The number of hydrogen-bond donors (Lipinski definition) is 1. The Balaban J connectivity index is 1.53. The number of para-hydroxylation sites is 1. The molecule has 0 unspecified atom stereocenters. The summed E-state index contributed by atoms with van der Waals surface area (Å²) in [7, 11) is -2.67. The molecule has 234 valence electrons. The van der Waals surface area contributed by atoms with Gasteiger partial charge in [-0.1, -0.05) is 91.7 Å². The third kappa shape index (κ3) is 8.10. The van der Waals surface area contributed by atoms with E-state index in [2.05, 4.69) is 5.32 Å². The Morgan fingerprint density at radius 3 is 1.93 bits per heavy atom. The zero-order valence-corrected chi connectivity index (χ0v) is 26.2. The zero-order valence-electron chi connectivity index (χ0n) is 25.4. The van der Waals surface area contributed by atoms with Gasteiger partial charge in [0.25, 0.3) is 10.0 Å². The van der Waals surface area contributed by atoms with Crippen molar-refractivity contribution in [3.05, 3.63) is 126 Å². The predicted octanol–water partition coefficient (Wildman–Crippen LogP) is 5.59. The smallest absolute Gasteiger partial charge is 0.264 e. The third-order valence-corrected chi connectivity index (χ3v) is 9.93. The van der Waals surface area contributed by atoms with Gasteiger partial charge in [0.1, 0.15) is 18.3 Å². The Morgan fingerprint density at radius 2 is 1.36 bits per heavy atom. The first-order chi connectivity index (χ1) is 21.8. The number of carbonyl (C=O) groups is 2. The monoisotopic (exact) mass is 625 g/mol. The molecule has 1 N–H and O–H groups in total. The molecule has 0 saturated heterocycles. The SMILES string of the molecule is COc1ccc(S(=O)(=O)N(CC(=O)N(Cc2ccccc2)[C@H](Cc2ccccc2)C(=O)NC2CCCC2)c2ccccc2)cc1. The number of hydrogen-bond acceptors (Lipinski definition) is 5. The average molecular weight is 626 g/mol. The van der Waals surface area contributed by atoms with Crippen molar-refractivity contribution in [1.82, 2.24) is 10.2 Å². The summed E-state index contributed by atoms with van der Waals surface area (Å²) >= 11 is 0. The highest BCUT2D eigenvalue weighted by Crippen LogP contribution is 2.26. The highest BCUT2D eigenvalue weighted by Gasteiger charge is 2.35. The van der Waals surface area contributed by atoms with Gasteiger partial charge in [0.15, 0.2) is 0 Å². The summed E-state index contributed by atoms with van der Waals surface area (Å²) in [5.74, 6) is -0.205. The van der Waals surface area contributed by atoms with Gasteiger partial charge in [0, 0.05) is 19.0 Å². The fourth-order valence-electron chi connectivity index (χ4n) is 5.70. The number of rotatable bonds is 13. The highest BCUT2D eigenvalue weighted by atomic mass is 32.2. The molecule has 0 aromatic heterocycles. The van der Waals surface area contributed by atoms with E-state index in [0.29, 0.717) is 11.4 Å². The van der Waals surface area contributed by atoms with Crippen LogP contribution in [0.15, 0.2) is 120 Å². The molecule has 1 fully saturated rings. The first-order valence-electron chi connectivity index (χ1n) is 15.2. The second-order valence-electron chi connectivity index (χ2n) is 11.2. The normalized spacial score (nSPS) is 14.0. The molecule has 1 saturated carbocycles. The van der Waals surface area contributed by atoms with E-state index in [1.807, 2.05) is 60.7 Å². The van der Waals surface area contributed by atoms with E-state index in [1.165, 1.54) is 24.1 Å². The van der Waals surface area contributed by atoms with Crippen LogP contribution in [0.5, 0.6) is 5.75 Å². The fourth-order valence-corrected chi connectivity index (χ4v) is 7.11. The molecule has 1 aliphatic rings. The number of nitrogens with one attached hydrogen (secondary N) is 1. The van der Waals surface area contributed by atoms with Gasteiger partial charge in [-0.15, -0.1) is 0 Å². The minimum Gasteiger partial charge on any atom is -0.497 e. The summed E-state index contributed by atoms with van der Waals surface area (Å²) in [6.07, 6.45) is 4.19. The van der Waals surface area contributed by atoms with Crippen LogP contribution in [0.3, 0.4) is 0 Å². The Bertz CT molecular complexity index is 1640. The van der Waals surface area contributed by atoms with Crippen molar-refractivity contribution in [3.8, 4) is 5.75 Å². The molecule has 45 heavy (non-hydrogen) atoms. The minimum absolute atomic E-state index is 0.0226. The molecule has 8 nitrogen and oxygen atoms in total. The van der Waals surface area contributed by atoms with E-state index in [-0.39, 0.29) is 29.8 Å². The molecule has 1 aliphatic carbocycles. The maximum absolute atomic E-state index is 14.5. The highest BCUT2D eigenvalue weighted by molar-refractivity contribution is 7.92. The number of ether oxygens (including phenoxy) is 1. The number of anilines is 1. The summed E-state index contributed by atoms with van der Waals surface area (Å²) in [4.78, 5) is 30.1. The summed E-state index contributed by atoms with van der Waals surface area (Å²) in [6, 6.07) is 32.9. The molecule has 4 aromatic carbocycles. The summed E-state index contributed by atoms with van der Waals surface area (Å²) < 4.78 is 34.5. The second-order valence-corrected chi connectivity index (χ2v) is 13.1. The lowest BCUT2D eigenvalue weighted by Gasteiger charge is -2.34. The molecule has 0 bridgehead atoms. The lowest BCUT2D eigenvalue weighted by Crippen LogP contribution is -2.54. The largest absolute Gasteiger partial charge is 0.497 e. The number of amides is 2. The van der Waals surface area contributed by atoms with Crippen LogP contribution in [-0.2, 0) is 32.6 Å². The van der Waals surface area contributed by atoms with Gasteiger partial charge >= 0.3 is 0 Å². The zero-order chi connectivity index (χ0) is 31.6. The number of nitrogens with zero attached hydrogens (tertiary/aromatic N) is 2. The quantitative estimate of drug-likeness (QED) is 0.209. The summed E-state index contributed by atoms with van der Waals surface area (Å²) in [5.41, 5.74) is 2.08. The van der Waals surface area contributed by atoms with E-state index < -0.39 is 28.5 Å². The van der Waals surface area contributed by atoms with E-state index in [9.17, 15) is 18.0 Å². The van der Waals surface area contributed by atoms with Crippen molar-refractivity contribution in [1.29, 1.82) is 0 Å².